The van der Waals surface area contributed by atoms with Gasteiger partial charge in [0.15, 0.2) is 0 Å². The molecule has 0 aromatic heterocycles. The first kappa shape index (κ1) is 15.1. The Labute approximate surface area is 135 Å². The van der Waals surface area contributed by atoms with Gasteiger partial charge in [-0.25, -0.2) is 0 Å². The fourth-order valence-electron chi connectivity index (χ4n) is 3.37. The second-order valence-electron chi connectivity index (χ2n) is 6.01. The number of nitrogens with two attached hydrogens (primary N) is 1. The van der Waals surface area contributed by atoms with Gasteiger partial charge in [-0.1, -0.05) is 35.3 Å². The Kier molecular flexibility index (Phi) is 4.43. The number of rotatable bonds is 3. The maximum atomic E-state index is 12.7. The second kappa shape index (κ2) is 6.15. The number of piperidine rings is 1. The molecule has 2 N–H and O–H groups in total. The lowest BCUT2D eigenvalue weighted by Gasteiger charge is -2.35. The zero-order chi connectivity index (χ0) is 15.0. The number of amides is 1. The van der Waals surface area contributed by atoms with Gasteiger partial charge in [0.1, 0.15) is 0 Å². The summed E-state index contributed by atoms with van der Waals surface area (Å²) in [6, 6.07) is 5.86. The van der Waals surface area contributed by atoms with Crippen molar-refractivity contribution in [2.24, 2.45) is 11.7 Å². The van der Waals surface area contributed by atoms with Crippen molar-refractivity contribution in [3.63, 3.8) is 0 Å². The molecule has 1 aliphatic heterocycles. The molecule has 3 unspecified atom stereocenters. The number of nitrogens with zero attached hydrogens (tertiary/aromatic N) is 1. The number of hydrogen-bond donors (Lipinski definition) is 1. The summed E-state index contributed by atoms with van der Waals surface area (Å²) in [6.07, 6.45) is 4.14. The van der Waals surface area contributed by atoms with E-state index in [2.05, 4.69) is 0 Å². The van der Waals surface area contributed by atoms with Crippen LogP contribution < -0.4 is 5.73 Å². The molecule has 0 bridgehead atoms. The predicted molar refractivity (Wildman–Crippen MR) is 85.7 cm³/mol. The van der Waals surface area contributed by atoms with E-state index in [-0.39, 0.29) is 23.8 Å². The number of halogens is 2. The molecule has 1 heterocycles. The molecular formula is C16H20Cl2N2O. The van der Waals surface area contributed by atoms with Gasteiger partial charge in [-0.05, 0) is 43.2 Å². The van der Waals surface area contributed by atoms with Crippen LogP contribution in [0, 0.1) is 5.92 Å². The molecular weight excluding hydrogens is 307 g/mol. The number of likely N-dealkylation sites (tertiary alicyclic amines) is 1. The highest BCUT2D eigenvalue weighted by molar-refractivity contribution is 6.42. The zero-order valence-corrected chi connectivity index (χ0v) is 13.4. The molecule has 1 saturated carbocycles. The Hall–Kier alpha value is -0.770. The average molecular weight is 327 g/mol. The smallest absolute Gasteiger partial charge is 0.226 e. The predicted octanol–water partition coefficient (Wildman–Crippen LogP) is 3.44. The monoisotopic (exact) mass is 326 g/mol. The number of carbonyl (C=O) groups excluding carboxylic acids is 1. The van der Waals surface area contributed by atoms with Gasteiger partial charge < -0.3 is 10.6 Å². The van der Waals surface area contributed by atoms with Gasteiger partial charge >= 0.3 is 0 Å². The minimum absolute atomic E-state index is 0.0492. The van der Waals surface area contributed by atoms with Gasteiger partial charge in [0.05, 0.1) is 10.0 Å². The average Bonchev–Trinajstić information content (AvgIpc) is 3.29. The van der Waals surface area contributed by atoms with Crippen LogP contribution in [0.3, 0.4) is 0 Å². The highest BCUT2D eigenvalue weighted by atomic mass is 35.5. The Morgan fingerprint density at radius 3 is 2.90 bits per heavy atom. The van der Waals surface area contributed by atoms with E-state index in [0.717, 1.165) is 31.4 Å². The van der Waals surface area contributed by atoms with Crippen LogP contribution >= 0.6 is 23.2 Å². The number of hydrogen-bond acceptors (Lipinski definition) is 2. The summed E-state index contributed by atoms with van der Waals surface area (Å²) in [5, 5.41) is 1.15. The molecule has 3 nitrogen and oxygen atoms in total. The topological polar surface area (TPSA) is 46.3 Å². The minimum Gasteiger partial charge on any atom is -0.338 e. The van der Waals surface area contributed by atoms with E-state index < -0.39 is 0 Å². The summed E-state index contributed by atoms with van der Waals surface area (Å²) in [5.41, 5.74) is 6.81. The molecule has 1 aliphatic carbocycles. The third-order valence-corrected chi connectivity index (χ3v) is 5.50. The number of benzene rings is 1. The van der Waals surface area contributed by atoms with Gasteiger partial charge in [0.2, 0.25) is 5.91 Å². The van der Waals surface area contributed by atoms with E-state index in [1.807, 2.05) is 17.0 Å². The summed E-state index contributed by atoms with van der Waals surface area (Å²) in [7, 11) is 0. The highest BCUT2D eigenvalue weighted by Gasteiger charge is 2.47. The van der Waals surface area contributed by atoms with Crippen LogP contribution in [0.15, 0.2) is 18.2 Å². The molecule has 1 amide bonds. The normalized spacial score (nSPS) is 28.5. The van der Waals surface area contributed by atoms with Crippen molar-refractivity contribution in [3.05, 3.63) is 33.8 Å². The maximum absolute atomic E-state index is 12.7. The molecule has 3 atom stereocenters. The van der Waals surface area contributed by atoms with Crippen LogP contribution in [0.1, 0.15) is 37.2 Å². The molecule has 1 aromatic rings. The van der Waals surface area contributed by atoms with Crippen molar-refractivity contribution in [1.29, 1.82) is 0 Å². The first-order chi connectivity index (χ1) is 10.1. The van der Waals surface area contributed by atoms with E-state index in [0.29, 0.717) is 16.6 Å². The molecule has 21 heavy (non-hydrogen) atoms. The van der Waals surface area contributed by atoms with E-state index >= 15 is 0 Å². The Bertz CT molecular complexity index is 549. The summed E-state index contributed by atoms with van der Waals surface area (Å²) >= 11 is 12.3. The van der Waals surface area contributed by atoms with Crippen LogP contribution in [0.25, 0.3) is 0 Å². The molecule has 1 aromatic carbocycles. The molecule has 2 fully saturated rings. The minimum atomic E-state index is 0.0492. The Morgan fingerprint density at radius 1 is 1.33 bits per heavy atom. The third-order valence-electron chi connectivity index (χ3n) is 4.67. The van der Waals surface area contributed by atoms with E-state index in [1.54, 1.807) is 6.07 Å². The summed E-state index contributed by atoms with van der Waals surface area (Å²) in [4.78, 5) is 14.7. The van der Waals surface area contributed by atoms with Crippen LogP contribution in [0.5, 0.6) is 0 Å². The van der Waals surface area contributed by atoms with Crippen molar-refractivity contribution in [2.75, 3.05) is 13.1 Å². The summed E-state index contributed by atoms with van der Waals surface area (Å²) in [6.45, 7) is 1.40. The summed E-state index contributed by atoms with van der Waals surface area (Å²) in [5.74, 6) is 0.503. The lowest BCUT2D eigenvalue weighted by Crippen LogP contribution is -2.48. The van der Waals surface area contributed by atoms with Crippen molar-refractivity contribution in [2.45, 2.75) is 37.6 Å². The number of carbonyl (C=O) groups is 1. The van der Waals surface area contributed by atoms with Gasteiger partial charge in [0.25, 0.3) is 0 Å². The van der Waals surface area contributed by atoms with Gasteiger partial charge in [-0.2, -0.15) is 0 Å². The van der Waals surface area contributed by atoms with Crippen molar-refractivity contribution in [1.82, 2.24) is 4.90 Å². The molecule has 2 aliphatic rings. The quantitative estimate of drug-likeness (QED) is 0.924. The molecule has 3 rings (SSSR count). The fraction of sp³-hybridized carbons (Fsp3) is 0.562. The Balaban J connectivity index is 1.72. The second-order valence-corrected chi connectivity index (χ2v) is 6.79. The third kappa shape index (κ3) is 2.92. The van der Waals surface area contributed by atoms with Crippen molar-refractivity contribution >= 4 is 29.1 Å². The van der Waals surface area contributed by atoms with Crippen molar-refractivity contribution in [3.8, 4) is 0 Å². The standard InChI is InChI=1S/C16H20Cl2N2O/c17-14-6-3-5-11(15(14)18)12-8-13(12)16(21)20-7-2-1-4-10(20)9-19/h3,5-6,10,12-13H,1-2,4,7-9,19H2. The lowest BCUT2D eigenvalue weighted by atomic mass is 10.0. The maximum Gasteiger partial charge on any atom is 0.226 e. The first-order valence-electron chi connectivity index (χ1n) is 7.58. The molecule has 5 heteroatoms. The largest absolute Gasteiger partial charge is 0.338 e. The molecule has 0 radical (unpaired) electrons. The first-order valence-corrected chi connectivity index (χ1v) is 8.33. The van der Waals surface area contributed by atoms with Crippen LogP contribution in [-0.2, 0) is 4.79 Å². The van der Waals surface area contributed by atoms with Crippen LogP contribution in [0.2, 0.25) is 10.0 Å². The molecule has 0 spiro atoms. The fourth-order valence-corrected chi connectivity index (χ4v) is 3.82. The van der Waals surface area contributed by atoms with Gasteiger partial charge in [0, 0.05) is 25.0 Å². The molecule has 114 valence electrons. The summed E-state index contributed by atoms with van der Waals surface area (Å²) < 4.78 is 0. The highest BCUT2D eigenvalue weighted by Crippen LogP contribution is 2.51. The van der Waals surface area contributed by atoms with Crippen LogP contribution in [-0.4, -0.2) is 29.9 Å². The van der Waals surface area contributed by atoms with Gasteiger partial charge in [-0.15, -0.1) is 0 Å². The van der Waals surface area contributed by atoms with E-state index in [1.165, 1.54) is 6.42 Å². The zero-order valence-electron chi connectivity index (χ0n) is 11.9. The van der Waals surface area contributed by atoms with Crippen molar-refractivity contribution < 1.29 is 4.79 Å². The SMILES string of the molecule is NCC1CCCCN1C(=O)C1CC1c1cccc(Cl)c1Cl. The van der Waals surface area contributed by atoms with E-state index in [4.69, 9.17) is 28.9 Å². The lowest BCUT2D eigenvalue weighted by molar-refractivity contribution is -0.136. The van der Waals surface area contributed by atoms with Gasteiger partial charge in [-0.3, -0.25) is 4.79 Å². The van der Waals surface area contributed by atoms with E-state index in [9.17, 15) is 4.79 Å². The molecule has 1 saturated heterocycles. The Morgan fingerprint density at radius 2 is 2.14 bits per heavy atom. The van der Waals surface area contributed by atoms with Crippen LogP contribution in [0.4, 0.5) is 0 Å².